The second-order valence-electron chi connectivity index (χ2n) is 7.47. The van der Waals surface area contributed by atoms with Crippen molar-refractivity contribution in [3.05, 3.63) is 107 Å². The van der Waals surface area contributed by atoms with Crippen molar-refractivity contribution >= 4 is 34.8 Å². The van der Waals surface area contributed by atoms with Crippen LogP contribution in [0.25, 0.3) is 0 Å². The van der Waals surface area contributed by atoms with Crippen molar-refractivity contribution in [3.63, 3.8) is 0 Å². The highest BCUT2D eigenvalue weighted by atomic mass is 35.5. The number of para-hydroxylation sites is 1. The third-order valence-electron chi connectivity index (χ3n) is 4.97. The number of hydrogen-bond donors (Lipinski definition) is 2. The summed E-state index contributed by atoms with van der Waals surface area (Å²) in [5.41, 5.74) is 2.37. The number of anilines is 2. The molecule has 3 aromatic carbocycles. The van der Waals surface area contributed by atoms with Crippen LogP contribution in [-0.4, -0.2) is 21.6 Å². The number of halogens is 1. The molecule has 2 N–H and O–H groups in total. The highest BCUT2D eigenvalue weighted by Crippen LogP contribution is 2.20. The van der Waals surface area contributed by atoms with Gasteiger partial charge in [0.05, 0.1) is 5.69 Å². The Hall–Kier alpha value is -4.10. The molecule has 1 heterocycles. The monoisotopic (exact) mass is 474 g/mol. The fourth-order valence-electron chi connectivity index (χ4n) is 3.27. The zero-order chi connectivity index (χ0) is 23.9. The molecule has 0 unspecified atom stereocenters. The van der Waals surface area contributed by atoms with Gasteiger partial charge in [-0.15, -0.1) is 0 Å². The van der Waals surface area contributed by atoms with Crippen molar-refractivity contribution in [1.82, 2.24) is 9.78 Å². The molecule has 8 heteroatoms. The van der Waals surface area contributed by atoms with E-state index >= 15 is 0 Å². The van der Waals surface area contributed by atoms with Crippen LogP contribution in [0.3, 0.4) is 0 Å². The summed E-state index contributed by atoms with van der Waals surface area (Å²) >= 11 is 5.99. The SMILES string of the molecule is CCn1cc(NC(=O)c2cccc(COc3cccc(Cl)c3)c2)c(C(=O)Nc2ccccc2)n1. The van der Waals surface area contributed by atoms with Crippen LogP contribution in [0.2, 0.25) is 5.02 Å². The molecular formula is C26H23ClN4O3. The van der Waals surface area contributed by atoms with Crippen LogP contribution in [0, 0.1) is 0 Å². The molecule has 0 fully saturated rings. The molecule has 4 rings (SSSR count). The summed E-state index contributed by atoms with van der Waals surface area (Å²) in [5, 5.41) is 10.5. The summed E-state index contributed by atoms with van der Waals surface area (Å²) < 4.78 is 7.37. The van der Waals surface area contributed by atoms with Gasteiger partial charge in [-0.3, -0.25) is 14.3 Å². The summed E-state index contributed by atoms with van der Waals surface area (Å²) in [6.07, 6.45) is 1.64. The van der Waals surface area contributed by atoms with Crippen molar-refractivity contribution in [2.45, 2.75) is 20.1 Å². The fraction of sp³-hybridized carbons (Fsp3) is 0.115. The Bertz CT molecular complexity index is 1300. The molecule has 7 nitrogen and oxygen atoms in total. The van der Waals surface area contributed by atoms with Crippen LogP contribution in [-0.2, 0) is 13.2 Å². The molecule has 172 valence electrons. The quantitative estimate of drug-likeness (QED) is 0.346. The molecule has 0 spiro atoms. The number of carbonyl (C=O) groups excluding carboxylic acids is 2. The van der Waals surface area contributed by atoms with Crippen LogP contribution in [0.1, 0.15) is 33.3 Å². The first-order valence-electron chi connectivity index (χ1n) is 10.7. The van der Waals surface area contributed by atoms with Gasteiger partial charge in [0.25, 0.3) is 11.8 Å². The fourth-order valence-corrected chi connectivity index (χ4v) is 3.45. The lowest BCUT2D eigenvalue weighted by Gasteiger charge is -2.09. The number of rotatable bonds is 8. The first-order valence-corrected chi connectivity index (χ1v) is 11.1. The number of amides is 2. The van der Waals surface area contributed by atoms with Gasteiger partial charge in [0, 0.05) is 29.0 Å². The molecular weight excluding hydrogens is 452 g/mol. The molecule has 0 aliphatic carbocycles. The predicted octanol–water partition coefficient (Wildman–Crippen LogP) is 5.64. The minimum Gasteiger partial charge on any atom is -0.489 e. The van der Waals surface area contributed by atoms with Gasteiger partial charge in [0.15, 0.2) is 5.69 Å². The molecule has 0 aliphatic rings. The summed E-state index contributed by atoms with van der Waals surface area (Å²) in [6, 6.07) is 23.3. The number of aryl methyl sites for hydroxylation is 1. The van der Waals surface area contributed by atoms with E-state index < -0.39 is 5.91 Å². The van der Waals surface area contributed by atoms with Gasteiger partial charge < -0.3 is 15.4 Å². The number of nitrogens with one attached hydrogen (secondary N) is 2. The third kappa shape index (κ3) is 5.82. The number of carbonyl (C=O) groups is 2. The third-order valence-corrected chi connectivity index (χ3v) is 5.21. The van der Waals surface area contributed by atoms with Gasteiger partial charge in [-0.2, -0.15) is 5.10 Å². The maximum Gasteiger partial charge on any atom is 0.278 e. The molecule has 34 heavy (non-hydrogen) atoms. The largest absolute Gasteiger partial charge is 0.489 e. The van der Waals surface area contributed by atoms with Gasteiger partial charge in [-0.1, -0.05) is 48.0 Å². The van der Waals surface area contributed by atoms with Gasteiger partial charge >= 0.3 is 0 Å². The second kappa shape index (κ2) is 10.7. The first-order chi connectivity index (χ1) is 16.5. The van der Waals surface area contributed by atoms with E-state index in [1.807, 2.05) is 43.3 Å². The number of benzene rings is 3. The Morgan fingerprint density at radius 3 is 2.50 bits per heavy atom. The van der Waals surface area contributed by atoms with Gasteiger partial charge in [0.2, 0.25) is 0 Å². The highest BCUT2D eigenvalue weighted by molar-refractivity contribution is 6.30. The lowest BCUT2D eigenvalue weighted by Crippen LogP contribution is -2.18. The topological polar surface area (TPSA) is 85.2 Å². The van der Waals surface area contributed by atoms with E-state index in [-0.39, 0.29) is 18.2 Å². The molecule has 0 radical (unpaired) electrons. The molecule has 0 bridgehead atoms. The van der Waals surface area contributed by atoms with Crippen molar-refractivity contribution in [2.75, 3.05) is 10.6 Å². The lowest BCUT2D eigenvalue weighted by atomic mass is 10.1. The van der Waals surface area contributed by atoms with E-state index in [4.69, 9.17) is 16.3 Å². The van der Waals surface area contributed by atoms with Crippen LogP contribution in [0.15, 0.2) is 85.1 Å². The first kappa shape index (κ1) is 23.1. The van der Waals surface area contributed by atoms with E-state index in [0.717, 1.165) is 5.56 Å². The van der Waals surface area contributed by atoms with Crippen molar-refractivity contribution in [2.24, 2.45) is 0 Å². The maximum absolute atomic E-state index is 13.0. The number of ether oxygens (including phenoxy) is 1. The van der Waals surface area contributed by atoms with Crippen LogP contribution >= 0.6 is 11.6 Å². The summed E-state index contributed by atoms with van der Waals surface area (Å²) in [5.74, 6) is -0.116. The average molecular weight is 475 g/mol. The molecule has 0 aliphatic heterocycles. The number of hydrogen-bond acceptors (Lipinski definition) is 4. The summed E-state index contributed by atoms with van der Waals surface area (Å²) in [4.78, 5) is 25.8. The average Bonchev–Trinajstić information content (AvgIpc) is 3.26. The molecule has 0 atom stereocenters. The van der Waals surface area contributed by atoms with Crippen molar-refractivity contribution in [1.29, 1.82) is 0 Å². The van der Waals surface area contributed by atoms with Crippen molar-refractivity contribution < 1.29 is 14.3 Å². The Labute approximate surface area is 202 Å². The molecule has 4 aromatic rings. The molecule has 1 aromatic heterocycles. The van der Waals surface area contributed by atoms with E-state index in [9.17, 15) is 9.59 Å². The standard InChI is InChI=1S/C26H23ClN4O3/c1-2-31-16-23(24(30-31)26(33)28-21-11-4-3-5-12-21)29-25(32)19-9-6-8-18(14-19)17-34-22-13-7-10-20(27)15-22/h3-16H,2,17H2,1H3,(H,28,33)(H,29,32). The zero-order valence-corrected chi connectivity index (χ0v) is 19.3. The smallest absolute Gasteiger partial charge is 0.278 e. The van der Waals surface area contributed by atoms with Crippen LogP contribution < -0.4 is 15.4 Å². The molecule has 0 saturated heterocycles. The van der Waals surface area contributed by atoms with Gasteiger partial charge in [-0.25, -0.2) is 0 Å². The van der Waals surface area contributed by atoms with Crippen molar-refractivity contribution in [3.8, 4) is 5.75 Å². The maximum atomic E-state index is 13.0. The van der Waals surface area contributed by atoms with E-state index in [1.54, 1.807) is 53.3 Å². The Morgan fingerprint density at radius 2 is 1.74 bits per heavy atom. The second-order valence-corrected chi connectivity index (χ2v) is 7.90. The normalized spacial score (nSPS) is 10.5. The molecule has 2 amide bonds. The van der Waals surface area contributed by atoms with E-state index in [0.29, 0.717) is 34.3 Å². The molecule has 0 saturated carbocycles. The predicted molar refractivity (Wildman–Crippen MR) is 132 cm³/mol. The highest BCUT2D eigenvalue weighted by Gasteiger charge is 2.19. The Balaban J connectivity index is 1.47. The van der Waals surface area contributed by atoms with Crippen LogP contribution in [0.4, 0.5) is 11.4 Å². The van der Waals surface area contributed by atoms with E-state index in [2.05, 4.69) is 15.7 Å². The minimum atomic E-state index is -0.405. The number of nitrogens with zero attached hydrogens (tertiary/aromatic N) is 2. The number of aromatic nitrogens is 2. The lowest BCUT2D eigenvalue weighted by molar-refractivity contribution is 0.102. The van der Waals surface area contributed by atoms with Gasteiger partial charge in [-0.05, 0) is 55.0 Å². The Kier molecular flexibility index (Phi) is 7.25. The Morgan fingerprint density at radius 1 is 0.941 bits per heavy atom. The minimum absolute atomic E-state index is 0.138. The van der Waals surface area contributed by atoms with Gasteiger partial charge in [0.1, 0.15) is 12.4 Å². The van der Waals surface area contributed by atoms with Crippen LogP contribution in [0.5, 0.6) is 5.75 Å². The van der Waals surface area contributed by atoms with E-state index in [1.165, 1.54) is 0 Å². The summed E-state index contributed by atoms with van der Waals surface area (Å²) in [6.45, 7) is 2.73. The summed E-state index contributed by atoms with van der Waals surface area (Å²) in [7, 11) is 0. The zero-order valence-electron chi connectivity index (χ0n) is 18.5.